The molecule has 0 aliphatic rings. The standard InChI is InChI=1S/C14H11N5O2/c15-9-5-6-11(18-13(9)14(20)21)10-3-1-4-12(17-10)19-8-2-7-16-19/h1-8H,15H2,(H,20,21). The summed E-state index contributed by atoms with van der Waals surface area (Å²) in [5.41, 5.74) is 6.52. The number of aromatic nitrogens is 4. The Hall–Kier alpha value is -3.22. The predicted octanol–water partition coefficient (Wildman–Crippen LogP) is 1.61. The lowest BCUT2D eigenvalue weighted by molar-refractivity contribution is 0.0692. The third-order valence-corrected chi connectivity index (χ3v) is 2.86. The highest BCUT2D eigenvalue weighted by atomic mass is 16.4. The van der Waals surface area contributed by atoms with Gasteiger partial charge in [-0.05, 0) is 30.3 Å². The maximum Gasteiger partial charge on any atom is 0.356 e. The fraction of sp³-hybridized carbons (Fsp3) is 0. The van der Waals surface area contributed by atoms with Crippen molar-refractivity contribution in [3.8, 4) is 17.2 Å². The Morgan fingerprint density at radius 1 is 1.10 bits per heavy atom. The van der Waals surface area contributed by atoms with Crippen LogP contribution in [0.15, 0.2) is 48.8 Å². The molecular formula is C14H11N5O2. The van der Waals surface area contributed by atoms with Crippen molar-refractivity contribution in [2.24, 2.45) is 0 Å². The predicted molar refractivity (Wildman–Crippen MR) is 76.0 cm³/mol. The van der Waals surface area contributed by atoms with Gasteiger partial charge in [-0.15, -0.1) is 0 Å². The van der Waals surface area contributed by atoms with E-state index in [1.807, 2.05) is 0 Å². The van der Waals surface area contributed by atoms with Crippen LogP contribution in [0.5, 0.6) is 0 Å². The molecule has 104 valence electrons. The molecule has 0 aliphatic heterocycles. The molecule has 21 heavy (non-hydrogen) atoms. The second-order valence-electron chi connectivity index (χ2n) is 4.27. The molecule has 0 amide bonds. The molecule has 0 saturated heterocycles. The average molecular weight is 281 g/mol. The number of nitrogen functional groups attached to an aromatic ring is 1. The summed E-state index contributed by atoms with van der Waals surface area (Å²) in [6.07, 6.45) is 3.42. The average Bonchev–Trinajstić information content (AvgIpc) is 3.02. The van der Waals surface area contributed by atoms with E-state index in [2.05, 4.69) is 15.1 Å². The van der Waals surface area contributed by atoms with Crippen LogP contribution in [-0.4, -0.2) is 30.8 Å². The molecule has 0 radical (unpaired) electrons. The molecule has 3 rings (SSSR count). The van der Waals surface area contributed by atoms with Gasteiger partial charge in [-0.3, -0.25) is 0 Å². The Morgan fingerprint density at radius 2 is 1.90 bits per heavy atom. The smallest absolute Gasteiger partial charge is 0.356 e. The zero-order chi connectivity index (χ0) is 14.8. The van der Waals surface area contributed by atoms with Crippen molar-refractivity contribution in [1.82, 2.24) is 19.7 Å². The maximum atomic E-state index is 11.1. The number of rotatable bonds is 3. The fourth-order valence-corrected chi connectivity index (χ4v) is 1.88. The van der Waals surface area contributed by atoms with E-state index in [4.69, 9.17) is 10.8 Å². The first kappa shape index (κ1) is 12.8. The lowest BCUT2D eigenvalue weighted by atomic mass is 10.2. The van der Waals surface area contributed by atoms with Crippen LogP contribution >= 0.6 is 0 Å². The molecule has 0 fully saturated rings. The lowest BCUT2D eigenvalue weighted by Gasteiger charge is -2.06. The summed E-state index contributed by atoms with van der Waals surface area (Å²) >= 11 is 0. The summed E-state index contributed by atoms with van der Waals surface area (Å²) in [7, 11) is 0. The molecule has 3 aromatic rings. The molecule has 0 aliphatic carbocycles. The van der Waals surface area contributed by atoms with Crippen molar-refractivity contribution in [2.45, 2.75) is 0 Å². The van der Waals surface area contributed by atoms with E-state index < -0.39 is 5.97 Å². The molecule has 7 heteroatoms. The Balaban J connectivity index is 2.07. The van der Waals surface area contributed by atoms with Gasteiger partial charge in [0, 0.05) is 12.4 Å². The Kier molecular flexibility index (Phi) is 3.07. The van der Waals surface area contributed by atoms with Crippen LogP contribution in [0.4, 0.5) is 5.69 Å². The first-order chi connectivity index (χ1) is 10.1. The van der Waals surface area contributed by atoms with E-state index in [-0.39, 0.29) is 11.4 Å². The highest BCUT2D eigenvalue weighted by molar-refractivity contribution is 5.92. The number of hydrogen-bond donors (Lipinski definition) is 2. The van der Waals surface area contributed by atoms with Gasteiger partial charge in [-0.25, -0.2) is 19.4 Å². The Morgan fingerprint density at radius 3 is 2.62 bits per heavy atom. The highest BCUT2D eigenvalue weighted by Crippen LogP contribution is 2.19. The summed E-state index contributed by atoms with van der Waals surface area (Å²) in [5.74, 6) is -0.550. The normalized spacial score (nSPS) is 10.5. The number of nitrogens with zero attached hydrogens (tertiary/aromatic N) is 4. The summed E-state index contributed by atoms with van der Waals surface area (Å²) in [5, 5.41) is 13.2. The third kappa shape index (κ3) is 2.44. The van der Waals surface area contributed by atoms with E-state index in [1.165, 1.54) is 6.07 Å². The van der Waals surface area contributed by atoms with Gasteiger partial charge < -0.3 is 10.8 Å². The minimum Gasteiger partial charge on any atom is -0.476 e. The number of hydrogen-bond acceptors (Lipinski definition) is 5. The molecule has 0 spiro atoms. The molecule has 3 heterocycles. The van der Waals surface area contributed by atoms with Gasteiger partial charge in [0.1, 0.15) is 0 Å². The minimum absolute atomic E-state index is 0.120. The number of anilines is 1. The van der Waals surface area contributed by atoms with Crippen LogP contribution in [0, 0.1) is 0 Å². The van der Waals surface area contributed by atoms with E-state index >= 15 is 0 Å². The molecule has 0 atom stereocenters. The summed E-state index contributed by atoms with van der Waals surface area (Å²) < 4.78 is 1.61. The molecule has 3 N–H and O–H groups in total. The van der Waals surface area contributed by atoms with Gasteiger partial charge in [0.2, 0.25) is 0 Å². The second kappa shape index (κ2) is 5.04. The number of aromatic carboxylic acids is 1. The van der Waals surface area contributed by atoms with Crippen molar-refractivity contribution in [3.63, 3.8) is 0 Å². The van der Waals surface area contributed by atoms with Gasteiger partial charge in [0.05, 0.1) is 17.1 Å². The molecular weight excluding hydrogens is 270 g/mol. The van der Waals surface area contributed by atoms with Crippen LogP contribution in [-0.2, 0) is 0 Å². The van der Waals surface area contributed by atoms with Gasteiger partial charge in [-0.1, -0.05) is 6.07 Å². The lowest BCUT2D eigenvalue weighted by Crippen LogP contribution is -2.07. The number of carboxylic acid groups (broad SMARTS) is 1. The van der Waals surface area contributed by atoms with Crippen molar-refractivity contribution in [2.75, 3.05) is 5.73 Å². The highest BCUT2D eigenvalue weighted by Gasteiger charge is 2.12. The van der Waals surface area contributed by atoms with E-state index in [0.717, 1.165) is 0 Å². The quantitative estimate of drug-likeness (QED) is 0.755. The van der Waals surface area contributed by atoms with E-state index in [0.29, 0.717) is 17.2 Å². The zero-order valence-electron chi connectivity index (χ0n) is 10.8. The van der Waals surface area contributed by atoms with Crippen molar-refractivity contribution in [1.29, 1.82) is 0 Å². The summed E-state index contributed by atoms with van der Waals surface area (Å²) in [6, 6.07) is 10.3. The Bertz CT molecular complexity index is 799. The molecule has 7 nitrogen and oxygen atoms in total. The number of carboxylic acids is 1. The molecule has 0 unspecified atom stereocenters. The van der Waals surface area contributed by atoms with Crippen LogP contribution in [0.3, 0.4) is 0 Å². The van der Waals surface area contributed by atoms with Crippen LogP contribution in [0.2, 0.25) is 0 Å². The van der Waals surface area contributed by atoms with Crippen LogP contribution in [0.1, 0.15) is 10.5 Å². The van der Waals surface area contributed by atoms with Crippen molar-refractivity contribution >= 4 is 11.7 Å². The van der Waals surface area contributed by atoms with Gasteiger partial charge in [-0.2, -0.15) is 5.10 Å². The van der Waals surface area contributed by atoms with Crippen molar-refractivity contribution < 1.29 is 9.90 Å². The number of carbonyl (C=O) groups is 1. The molecule has 0 aromatic carbocycles. The topological polar surface area (TPSA) is 107 Å². The number of nitrogens with two attached hydrogens (primary N) is 1. The number of pyridine rings is 2. The van der Waals surface area contributed by atoms with E-state index in [1.54, 1.807) is 47.4 Å². The summed E-state index contributed by atoms with van der Waals surface area (Å²) in [4.78, 5) is 19.5. The largest absolute Gasteiger partial charge is 0.476 e. The van der Waals surface area contributed by atoms with Gasteiger partial charge in [0.25, 0.3) is 0 Å². The zero-order valence-corrected chi connectivity index (χ0v) is 10.8. The SMILES string of the molecule is Nc1ccc(-c2cccc(-n3cccn3)n2)nc1C(=O)O. The van der Waals surface area contributed by atoms with Gasteiger partial charge >= 0.3 is 5.97 Å². The Labute approximate surface area is 119 Å². The van der Waals surface area contributed by atoms with Crippen LogP contribution in [0.25, 0.3) is 17.2 Å². The first-order valence-electron chi connectivity index (χ1n) is 6.12. The van der Waals surface area contributed by atoms with Crippen LogP contribution < -0.4 is 5.73 Å². The third-order valence-electron chi connectivity index (χ3n) is 2.86. The second-order valence-corrected chi connectivity index (χ2v) is 4.27. The van der Waals surface area contributed by atoms with Crippen molar-refractivity contribution in [3.05, 3.63) is 54.5 Å². The monoisotopic (exact) mass is 281 g/mol. The molecule has 0 saturated carbocycles. The first-order valence-corrected chi connectivity index (χ1v) is 6.12. The maximum absolute atomic E-state index is 11.1. The fourth-order valence-electron chi connectivity index (χ4n) is 1.88. The molecule has 3 aromatic heterocycles. The van der Waals surface area contributed by atoms with E-state index in [9.17, 15) is 4.79 Å². The summed E-state index contributed by atoms with van der Waals surface area (Å²) in [6.45, 7) is 0. The molecule has 0 bridgehead atoms. The van der Waals surface area contributed by atoms with Gasteiger partial charge in [0.15, 0.2) is 11.5 Å². The minimum atomic E-state index is -1.17.